The van der Waals surface area contributed by atoms with Crippen molar-refractivity contribution in [3.63, 3.8) is 0 Å². The van der Waals surface area contributed by atoms with Gasteiger partial charge in [-0.05, 0) is 37.1 Å². The van der Waals surface area contributed by atoms with E-state index >= 15 is 0 Å². The highest BCUT2D eigenvalue weighted by Gasteiger charge is 2.33. The van der Waals surface area contributed by atoms with Crippen molar-refractivity contribution in [1.82, 2.24) is 4.98 Å². The van der Waals surface area contributed by atoms with Crippen molar-refractivity contribution in [1.29, 1.82) is 0 Å². The van der Waals surface area contributed by atoms with Crippen molar-refractivity contribution in [3.8, 4) is 0 Å². The molecule has 1 saturated carbocycles. The number of carbonyl (C=O) groups excluding carboxylic acids is 1. The minimum atomic E-state index is -4.54. The van der Waals surface area contributed by atoms with Gasteiger partial charge in [0.25, 0.3) is 5.91 Å². The number of hydrogen-bond acceptors (Lipinski definition) is 3. The molecule has 2 aromatic rings. The van der Waals surface area contributed by atoms with Crippen molar-refractivity contribution < 1.29 is 18.0 Å². The van der Waals surface area contributed by atoms with Crippen LogP contribution in [0, 0.1) is 0 Å². The number of halogens is 3. The molecule has 1 heterocycles. The standard InChI is InChI=1S/C16H14F3N3O/c17-16(18,19)12-3-1-2-4-13(12)22-15(23)14-9-11(7-8-20-14)21-10-5-6-10/h1-4,7-10H,5-6H2,(H,20,21)(H,22,23). The molecule has 3 rings (SSSR count). The van der Waals surface area contributed by atoms with Gasteiger partial charge in [0.15, 0.2) is 0 Å². The van der Waals surface area contributed by atoms with Crippen LogP contribution in [0.3, 0.4) is 0 Å². The zero-order valence-electron chi connectivity index (χ0n) is 12.0. The van der Waals surface area contributed by atoms with Crippen LogP contribution < -0.4 is 10.6 Å². The first-order chi connectivity index (χ1) is 10.9. The van der Waals surface area contributed by atoms with E-state index in [-0.39, 0.29) is 11.4 Å². The molecule has 7 heteroatoms. The summed E-state index contributed by atoms with van der Waals surface area (Å²) in [6.07, 6.45) is -0.937. The molecule has 1 aromatic heterocycles. The Hall–Kier alpha value is -2.57. The van der Waals surface area contributed by atoms with Crippen LogP contribution in [0.25, 0.3) is 0 Å². The first-order valence-electron chi connectivity index (χ1n) is 7.13. The van der Waals surface area contributed by atoms with Gasteiger partial charge in [-0.2, -0.15) is 13.2 Å². The molecule has 0 bridgehead atoms. The number of nitrogens with zero attached hydrogens (tertiary/aromatic N) is 1. The monoisotopic (exact) mass is 321 g/mol. The number of hydrogen-bond donors (Lipinski definition) is 2. The number of anilines is 2. The molecule has 1 aliphatic carbocycles. The predicted octanol–water partition coefficient (Wildman–Crippen LogP) is 3.93. The van der Waals surface area contributed by atoms with E-state index in [9.17, 15) is 18.0 Å². The maximum Gasteiger partial charge on any atom is 0.418 e. The van der Waals surface area contributed by atoms with Crippen LogP contribution in [0.1, 0.15) is 28.9 Å². The molecule has 1 fully saturated rings. The Morgan fingerprint density at radius 1 is 1.17 bits per heavy atom. The highest BCUT2D eigenvalue weighted by molar-refractivity contribution is 6.03. The van der Waals surface area contributed by atoms with Gasteiger partial charge >= 0.3 is 6.18 Å². The Labute approximate surface area is 130 Å². The second kappa shape index (κ2) is 5.91. The van der Waals surface area contributed by atoms with Crippen LogP contribution in [-0.4, -0.2) is 16.9 Å². The first-order valence-corrected chi connectivity index (χ1v) is 7.13. The molecule has 120 valence electrons. The number of para-hydroxylation sites is 1. The summed E-state index contributed by atoms with van der Waals surface area (Å²) >= 11 is 0. The van der Waals surface area contributed by atoms with E-state index in [1.54, 1.807) is 6.07 Å². The number of alkyl halides is 3. The van der Waals surface area contributed by atoms with E-state index in [1.807, 2.05) is 0 Å². The van der Waals surface area contributed by atoms with Gasteiger partial charge in [0.2, 0.25) is 0 Å². The molecule has 23 heavy (non-hydrogen) atoms. The van der Waals surface area contributed by atoms with Gasteiger partial charge < -0.3 is 10.6 Å². The smallest absolute Gasteiger partial charge is 0.382 e. The highest BCUT2D eigenvalue weighted by atomic mass is 19.4. The Bertz CT molecular complexity index is 727. The van der Waals surface area contributed by atoms with Gasteiger partial charge in [0.1, 0.15) is 5.69 Å². The summed E-state index contributed by atoms with van der Waals surface area (Å²) in [7, 11) is 0. The second-order valence-corrected chi connectivity index (χ2v) is 5.35. The van der Waals surface area contributed by atoms with Crippen molar-refractivity contribution in [2.45, 2.75) is 25.1 Å². The number of amides is 1. The summed E-state index contributed by atoms with van der Waals surface area (Å²) in [5.74, 6) is -0.679. The number of nitrogens with one attached hydrogen (secondary N) is 2. The van der Waals surface area contributed by atoms with Crippen LogP contribution in [-0.2, 0) is 6.18 Å². The zero-order chi connectivity index (χ0) is 16.4. The summed E-state index contributed by atoms with van der Waals surface area (Å²) in [4.78, 5) is 16.1. The Morgan fingerprint density at radius 3 is 2.61 bits per heavy atom. The van der Waals surface area contributed by atoms with Gasteiger partial charge in [-0.1, -0.05) is 12.1 Å². The second-order valence-electron chi connectivity index (χ2n) is 5.35. The molecular formula is C16H14F3N3O. The van der Waals surface area contributed by atoms with E-state index < -0.39 is 17.6 Å². The molecule has 1 aromatic carbocycles. The molecular weight excluding hydrogens is 307 g/mol. The van der Waals surface area contributed by atoms with Crippen molar-refractivity contribution in [3.05, 3.63) is 53.9 Å². The lowest BCUT2D eigenvalue weighted by Gasteiger charge is -2.13. The minimum absolute atomic E-state index is 0.0626. The lowest BCUT2D eigenvalue weighted by atomic mass is 10.1. The molecule has 1 aliphatic rings. The van der Waals surface area contributed by atoms with E-state index in [0.717, 1.165) is 24.6 Å². The zero-order valence-corrected chi connectivity index (χ0v) is 12.0. The van der Waals surface area contributed by atoms with Crippen molar-refractivity contribution in [2.24, 2.45) is 0 Å². The molecule has 0 atom stereocenters. The molecule has 0 saturated heterocycles. The highest BCUT2D eigenvalue weighted by Crippen LogP contribution is 2.34. The largest absolute Gasteiger partial charge is 0.418 e. The summed E-state index contributed by atoms with van der Waals surface area (Å²) in [5, 5.41) is 5.49. The Morgan fingerprint density at radius 2 is 1.91 bits per heavy atom. The fourth-order valence-corrected chi connectivity index (χ4v) is 2.13. The average molecular weight is 321 g/mol. The average Bonchev–Trinajstić information content (AvgIpc) is 3.31. The van der Waals surface area contributed by atoms with Gasteiger partial charge in [-0.25, -0.2) is 0 Å². The lowest BCUT2D eigenvalue weighted by molar-refractivity contribution is -0.136. The van der Waals surface area contributed by atoms with Crippen LogP contribution in [0.2, 0.25) is 0 Å². The fourth-order valence-electron chi connectivity index (χ4n) is 2.13. The first kappa shape index (κ1) is 15.3. The number of pyridine rings is 1. The van der Waals surface area contributed by atoms with E-state index in [2.05, 4.69) is 15.6 Å². The Kier molecular flexibility index (Phi) is 3.94. The molecule has 0 radical (unpaired) electrons. The number of aromatic nitrogens is 1. The summed E-state index contributed by atoms with van der Waals surface area (Å²) < 4.78 is 38.8. The van der Waals surface area contributed by atoms with Crippen LogP contribution >= 0.6 is 0 Å². The number of rotatable bonds is 4. The normalized spacial score (nSPS) is 14.4. The summed E-state index contributed by atoms with van der Waals surface area (Å²) in [6, 6.07) is 8.50. The number of benzene rings is 1. The maximum atomic E-state index is 12.9. The predicted molar refractivity (Wildman–Crippen MR) is 80.3 cm³/mol. The fraction of sp³-hybridized carbons (Fsp3) is 0.250. The van der Waals surface area contributed by atoms with Crippen LogP contribution in [0.4, 0.5) is 24.5 Å². The molecule has 4 nitrogen and oxygen atoms in total. The maximum absolute atomic E-state index is 12.9. The summed E-state index contributed by atoms with van der Waals surface area (Å²) in [5.41, 5.74) is -0.377. The molecule has 0 spiro atoms. The quantitative estimate of drug-likeness (QED) is 0.897. The van der Waals surface area contributed by atoms with Gasteiger partial charge in [0.05, 0.1) is 11.3 Å². The van der Waals surface area contributed by atoms with Crippen LogP contribution in [0.5, 0.6) is 0 Å². The lowest BCUT2D eigenvalue weighted by Crippen LogP contribution is -2.18. The van der Waals surface area contributed by atoms with E-state index in [4.69, 9.17) is 0 Å². The van der Waals surface area contributed by atoms with Crippen molar-refractivity contribution >= 4 is 17.3 Å². The Balaban J connectivity index is 1.79. The molecule has 0 unspecified atom stereocenters. The van der Waals surface area contributed by atoms with Crippen LogP contribution in [0.15, 0.2) is 42.6 Å². The van der Waals surface area contributed by atoms with Gasteiger partial charge in [-0.15, -0.1) is 0 Å². The topological polar surface area (TPSA) is 54.0 Å². The molecule has 1 amide bonds. The van der Waals surface area contributed by atoms with Gasteiger partial charge in [-0.3, -0.25) is 9.78 Å². The summed E-state index contributed by atoms with van der Waals surface area (Å²) in [6.45, 7) is 0. The minimum Gasteiger partial charge on any atom is -0.382 e. The molecule has 2 N–H and O–H groups in total. The van der Waals surface area contributed by atoms with E-state index in [0.29, 0.717) is 6.04 Å². The third-order valence-corrected chi connectivity index (χ3v) is 3.42. The van der Waals surface area contributed by atoms with Gasteiger partial charge in [0, 0.05) is 17.9 Å². The SMILES string of the molecule is O=C(Nc1ccccc1C(F)(F)F)c1cc(NC2CC2)ccn1. The number of carbonyl (C=O) groups is 1. The third-order valence-electron chi connectivity index (χ3n) is 3.42. The third kappa shape index (κ3) is 3.80. The molecule has 0 aliphatic heterocycles. The van der Waals surface area contributed by atoms with E-state index in [1.165, 1.54) is 30.5 Å². The van der Waals surface area contributed by atoms with Crippen molar-refractivity contribution in [2.75, 3.05) is 10.6 Å².